The molecule has 0 bridgehead atoms. The first-order chi connectivity index (χ1) is 6.98. The number of ketones is 1. The minimum Gasteiger partial charge on any atom is -0.475 e. The third kappa shape index (κ3) is 1.30. The lowest BCUT2D eigenvalue weighted by Crippen LogP contribution is -2.59. The number of carbonyl (C=O) groups is 2. The van der Waals surface area contributed by atoms with Crippen molar-refractivity contribution in [2.45, 2.75) is 45.2 Å². The summed E-state index contributed by atoms with van der Waals surface area (Å²) < 4.78 is 4.98. The van der Waals surface area contributed by atoms with Crippen LogP contribution in [0.15, 0.2) is 0 Å². The van der Waals surface area contributed by atoms with Crippen molar-refractivity contribution in [3.8, 4) is 0 Å². The Morgan fingerprint density at radius 1 is 1.19 bits per heavy atom. The molecule has 0 saturated carbocycles. The molecule has 92 valence electrons. The van der Waals surface area contributed by atoms with Crippen molar-refractivity contribution in [3.05, 3.63) is 0 Å². The van der Waals surface area contributed by atoms with E-state index in [1.807, 2.05) is 0 Å². The first-order valence-corrected chi connectivity index (χ1v) is 4.84. The second kappa shape index (κ2) is 3.26. The second-order valence-corrected chi connectivity index (χ2v) is 4.93. The molecule has 6 heteroatoms. The van der Waals surface area contributed by atoms with Crippen LogP contribution in [0.1, 0.15) is 27.7 Å². The first kappa shape index (κ1) is 13.1. The van der Waals surface area contributed by atoms with Gasteiger partial charge in [0.2, 0.25) is 0 Å². The molecule has 0 aromatic carbocycles. The Hall–Kier alpha value is -0.980. The summed E-state index contributed by atoms with van der Waals surface area (Å²) in [5, 5.41) is 28.6. The quantitative estimate of drug-likeness (QED) is 0.556. The van der Waals surface area contributed by atoms with Crippen LogP contribution in [0.25, 0.3) is 0 Å². The van der Waals surface area contributed by atoms with Crippen molar-refractivity contribution in [2.75, 3.05) is 0 Å². The molecule has 1 unspecified atom stereocenters. The fourth-order valence-electron chi connectivity index (χ4n) is 1.82. The van der Waals surface area contributed by atoms with E-state index in [2.05, 4.69) is 0 Å². The predicted octanol–water partition coefficient (Wildman–Crippen LogP) is -0.475. The summed E-state index contributed by atoms with van der Waals surface area (Å²) in [5.74, 6) is -2.98. The van der Waals surface area contributed by atoms with Crippen molar-refractivity contribution >= 4 is 11.8 Å². The smallest absolute Gasteiger partial charge is 0.375 e. The minimum atomic E-state index is -1.96. The number of carboxylic acids is 1. The zero-order valence-electron chi connectivity index (χ0n) is 9.64. The monoisotopic (exact) mass is 232 g/mol. The molecule has 0 aromatic rings. The Morgan fingerprint density at radius 3 is 1.88 bits per heavy atom. The molecule has 0 aromatic heterocycles. The zero-order chi connectivity index (χ0) is 12.9. The SMILES string of the molecule is CC1(C)C(O)O[C@](C)(C(=O)C(=O)O)[C@@]1(C)O. The standard InChI is InChI=1S/C10H16O6/c1-8(2)7(14)16-9(3,10(8,4)15)5(11)6(12)13/h7,14-15H,1-4H3,(H,12,13)/t7?,9-,10+/m1/s1. The predicted molar refractivity (Wildman–Crippen MR) is 52.5 cm³/mol. The molecule has 0 aliphatic carbocycles. The first-order valence-electron chi connectivity index (χ1n) is 4.84. The molecular formula is C10H16O6. The zero-order valence-corrected chi connectivity index (χ0v) is 9.64. The maximum Gasteiger partial charge on any atom is 0.375 e. The van der Waals surface area contributed by atoms with E-state index in [-0.39, 0.29) is 0 Å². The number of aliphatic hydroxyl groups excluding tert-OH is 1. The highest BCUT2D eigenvalue weighted by Gasteiger charge is 2.68. The van der Waals surface area contributed by atoms with Gasteiger partial charge in [-0.05, 0) is 13.8 Å². The minimum absolute atomic E-state index is 1.15. The highest BCUT2D eigenvalue weighted by atomic mass is 16.6. The second-order valence-electron chi connectivity index (χ2n) is 4.93. The number of aliphatic carboxylic acids is 1. The number of Topliss-reactive ketones (excluding diaryl/α,β-unsaturated/α-hetero) is 1. The molecular weight excluding hydrogens is 216 g/mol. The molecule has 0 amide bonds. The molecule has 6 nitrogen and oxygen atoms in total. The van der Waals surface area contributed by atoms with Gasteiger partial charge in [0.25, 0.3) is 5.78 Å². The molecule has 1 rings (SSSR count). The van der Waals surface area contributed by atoms with Crippen LogP contribution in [0.3, 0.4) is 0 Å². The van der Waals surface area contributed by atoms with Gasteiger partial charge in [-0.3, -0.25) is 4.79 Å². The summed E-state index contributed by atoms with van der Waals surface area (Å²) in [7, 11) is 0. The molecule has 16 heavy (non-hydrogen) atoms. The van der Waals surface area contributed by atoms with Crippen LogP contribution in [0.4, 0.5) is 0 Å². The van der Waals surface area contributed by atoms with Crippen molar-refractivity contribution in [1.29, 1.82) is 0 Å². The fourth-order valence-corrected chi connectivity index (χ4v) is 1.82. The molecule has 1 aliphatic heterocycles. The largest absolute Gasteiger partial charge is 0.475 e. The van der Waals surface area contributed by atoms with Crippen LogP contribution in [-0.2, 0) is 14.3 Å². The van der Waals surface area contributed by atoms with Gasteiger partial charge in [0.05, 0.1) is 0 Å². The average molecular weight is 232 g/mol. The van der Waals surface area contributed by atoms with Gasteiger partial charge in [0.15, 0.2) is 11.9 Å². The number of hydrogen-bond donors (Lipinski definition) is 3. The van der Waals surface area contributed by atoms with Gasteiger partial charge >= 0.3 is 5.97 Å². The van der Waals surface area contributed by atoms with Gasteiger partial charge in [-0.15, -0.1) is 0 Å². The third-order valence-corrected chi connectivity index (χ3v) is 3.78. The van der Waals surface area contributed by atoms with Gasteiger partial charge in [-0.2, -0.15) is 0 Å². The Morgan fingerprint density at radius 2 is 1.62 bits per heavy atom. The van der Waals surface area contributed by atoms with E-state index in [4.69, 9.17) is 9.84 Å². The number of aliphatic hydroxyl groups is 2. The summed E-state index contributed by atoms with van der Waals surface area (Å²) in [6.45, 7) is 5.45. The lowest BCUT2D eigenvalue weighted by atomic mass is 9.68. The van der Waals surface area contributed by atoms with Crippen LogP contribution >= 0.6 is 0 Å². The van der Waals surface area contributed by atoms with E-state index in [0.29, 0.717) is 0 Å². The number of hydrogen-bond acceptors (Lipinski definition) is 5. The summed E-state index contributed by atoms with van der Waals surface area (Å²) in [6.07, 6.45) is -1.41. The van der Waals surface area contributed by atoms with Gasteiger partial charge in [0.1, 0.15) is 5.60 Å². The highest BCUT2D eigenvalue weighted by molar-refractivity contribution is 6.36. The van der Waals surface area contributed by atoms with E-state index in [0.717, 1.165) is 0 Å². The molecule has 0 radical (unpaired) electrons. The molecule has 3 atom stereocenters. The Bertz CT molecular complexity index is 345. The van der Waals surface area contributed by atoms with E-state index in [1.54, 1.807) is 0 Å². The Kier molecular flexibility index (Phi) is 2.66. The van der Waals surface area contributed by atoms with Crippen LogP contribution in [-0.4, -0.2) is 44.6 Å². The van der Waals surface area contributed by atoms with Crippen molar-refractivity contribution in [2.24, 2.45) is 5.41 Å². The Balaban J connectivity index is 3.28. The normalized spacial score (nSPS) is 42.0. The third-order valence-electron chi connectivity index (χ3n) is 3.78. The van der Waals surface area contributed by atoms with Crippen LogP contribution < -0.4 is 0 Å². The molecule has 1 saturated heterocycles. The number of ether oxygens (including phenoxy) is 1. The number of rotatable bonds is 2. The van der Waals surface area contributed by atoms with Gasteiger partial charge in [-0.25, -0.2) is 4.79 Å². The molecule has 3 N–H and O–H groups in total. The fraction of sp³-hybridized carbons (Fsp3) is 0.800. The molecule has 1 fully saturated rings. The number of carboxylic acid groups (broad SMARTS) is 1. The lowest BCUT2D eigenvalue weighted by molar-refractivity contribution is -0.184. The summed E-state index contributed by atoms with van der Waals surface area (Å²) in [5.41, 5.74) is -4.89. The van der Waals surface area contributed by atoms with E-state index in [1.165, 1.54) is 27.7 Å². The van der Waals surface area contributed by atoms with Crippen LogP contribution in [0, 0.1) is 5.41 Å². The van der Waals surface area contributed by atoms with Crippen LogP contribution in [0.2, 0.25) is 0 Å². The van der Waals surface area contributed by atoms with Gasteiger partial charge in [0, 0.05) is 5.41 Å². The maximum atomic E-state index is 11.5. The Labute approximate surface area is 92.8 Å². The molecule has 0 spiro atoms. The van der Waals surface area contributed by atoms with Crippen molar-refractivity contribution in [3.63, 3.8) is 0 Å². The van der Waals surface area contributed by atoms with Gasteiger partial charge in [-0.1, -0.05) is 13.8 Å². The topological polar surface area (TPSA) is 104 Å². The lowest BCUT2D eigenvalue weighted by Gasteiger charge is -2.39. The molecule has 1 heterocycles. The molecule has 1 aliphatic rings. The average Bonchev–Trinajstić information content (AvgIpc) is 2.25. The van der Waals surface area contributed by atoms with Gasteiger partial charge < -0.3 is 20.1 Å². The van der Waals surface area contributed by atoms with Crippen molar-refractivity contribution in [1.82, 2.24) is 0 Å². The number of carbonyl (C=O) groups excluding carboxylic acids is 1. The summed E-state index contributed by atoms with van der Waals surface area (Å²) in [6, 6.07) is 0. The summed E-state index contributed by atoms with van der Waals surface area (Å²) in [4.78, 5) is 22.2. The van der Waals surface area contributed by atoms with Crippen molar-refractivity contribution < 1.29 is 29.6 Å². The van der Waals surface area contributed by atoms with E-state index < -0.39 is 34.7 Å². The highest BCUT2D eigenvalue weighted by Crippen LogP contribution is 2.51. The van der Waals surface area contributed by atoms with E-state index >= 15 is 0 Å². The van der Waals surface area contributed by atoms with E-state index in [9.17, 15) is 19.8 Å². The maximum absolute atomic E-state index is 11.5. The summed E-state index contributed by atoms with van der Waals surface area (Å²) >= 11 is 0. The van der Waals surface area contributed by atoms with Crippen LogP contribution in [0.5, 0.6) is 0 Å².